The number of halogens is 1. The second-order valence-corrected chi connectivity index (χ2v) is 6.54. The lowest BCUT2D eigenvalue weighted by Crippen LogP contribution is -2.45. The van der Waals surface area contributed by atoms with Crippen LogP contribution in [0, 0.1) is 0 Å². The molecule has 4 nitrogen and oxygen atoms in total. The van der Waals surface area contributed by atoms with E-state index < -0.39 is 0 Å². The van der Waals surface area contributed by atoms with Crippen LogP contribution in [0.3, 0.4) is 0 Å². The fourth-order valence-corrected chi connectivity index (χ4v) is 2.89. The maximum Gasteiger partial charge on any atom is 0.134 e. The molecule has 1 aliphatic rings. The van der Waals surface area contributed by atoms with Crippen LogP contribution in [0.25, 0.3) is 0 Å². The van der Waals surface area contributed by atoms with E-state index in [0.29, 0.717) is 12.0 Å². The Balaban J connectivity index is 2.20. The fourth-order valence-electron chi connectivity index (χ4n) is 2.50. The number of hydrogen-bond donors (Lipinski definition) is 0. The zero-order chi connectivity index (χ0) is 14.0. The average molecular weight is 327 g/mol. The molecule has 0 amide bonds. The van der Waals surface area contributed by atoms with E-state index in [-0.39, 0.29) is 0 Å². The zero-order valence-corrected chi connectivity index (χ0v) is 13.8. The van der Waals surface area contributed by atoms with Crippen LogP contribution in [0.5, 0.6) is 0 Å². The van der Waals surface area contributed by atoms with E-state index in [2.05, 4.69) is 58.7 Å². The van der Waals surface area contributed by atoms with Gasteiger partial charge >= 0.3 is 0 Å². The first kappa shape index (κ1) is 14.7. The summed E-state index contributed by atoms with van der Waals surface area (Å²) in [6.45, 7) is 6.56. The number of likely N-dealkylation sites (tertiary alicyclic amines) is 1. The summed E-state index contributed by atoms with van der Waals surface area (Å²) in [6.07, 6.45) is 2.49. The Morgan fingerprint density at radius 2 is 2.16 bits per heavy atom. The monoisotopic (exact) mass is 326 g/mol. The van der Waals surface area contributed by atoms with E-state index in [1.165, 1.54) is 19.4 Å². The summed E-state index contributed by atoms with van der Waals surface area (Å²) < 4.78 is 0.872. The van der Waals surface area contributed by atoms with Gasteiger partial charge in [-0.25, -0.2) is 9.97 Å². The summed E-state index contributed by atoms with van der Waals surface area (Å²) in [4.78, 5) is 13.8. The molecule has 0 aliphatic carbocycles. The minimum atomic E-state index is 0.346. The molecule has 0 aromatic carbocycles. The molecule has 106 valence electrons. The predicted octanol–water partition coefficient (Wildman–Crippen LogP) is 2.89. The summed E-state index contributed by atoms with van der Waals surface area (Å²) in [7, 11) is 4.33. The van der Waals surface area contributed by atoms with Gasteiger partial charge in [0.1, 0.15) is 16.2 Å². The van der Waals surface area contributed by atoms with Crippen molar-refractivity contribution in [1.82, 2.24) is 14.9 Å². The highest BCUT2D eigenvalue weighted by atomic mass is 79.9. The zero-order valence-electron chi connectivity index (χ0n) is 12.2. The molecule has 1 fully saturated rings. The number of aromatic nitrogens is 2. The maximum absolute atomic E-state index is 4.70. The lowest BCUT2D eigenvalue weighted by Gasteiger charge is -2.36. The Morgan fingerprint density at radius 1 is 1.42 bits per heavy atom. The third kappa shape index (κ3) is 3.66. The molecule has 2 heterocycles. The number of anilines is 1. The minimum Gasteiger partial charge on any atom is -0.355 e. The molecule has 0 saturated carbocycles. The van der Waals surface area contributed by atoms with Gasteiger partial charge in [-0.15, -0.1) is 0 Å². The van der Waals surface area contributed by atoms with Crippen LogP contribution in [-0.2, 0) is 0 Å². The van der Waals surface area contributed by atoms with Crippen molar-refractivity contribution in [2.24, 2.45) is 0 Å². The van der Waals surface area contributed by atoms with Crippen LogP contribution in [-0.4, -0.2) is 48.1 Å². The van der Waals surface area contributed by atoms with Gasteiger partial charge in [0, 0.05) is 31.6 Å². The summed E-state index contributed by atoms with van der Waals surface area (Å²) in [5, 5.41) is 0. The smallest absolute Gasteiger partial charge is 0.134 e. The third-order valence-corrected chi connectivity index (χ3v) is 4.13. The van der Waals surface area contributed by atoms with E-state index >= 15 is 0 Å². The van der Waals surface area contributed by atoms with E-state index in [1.54, 1.807) is 0 Å². The molecule has 0 radical (unpaired) electrons. The van der Waals surface area contributed by atoms with Gasteiger partial charge in [-0.3, -0.25) is 0 Å². The Morgan fingerprint density at radius 3 is 2.79 bits per heavy atom. The largest absolute Gasteiger partial charge is 0.355 e. The van der Waals surface area contributed by atoms with Crippen molar-refractivity contribution >= 4 is 21.7 Å². The molecule has 1 saturated heterocycles. The highest BCUT2D eigenvalue weighted by Gasteiger charge is 2.22. The molecule has 0 bridgehead atoms. The van der Waals surface area contributed by atoms with Crippen molar-refractivity contribution in [3.05, 3.63) is 16.5 Å². The van der Waals surface area contributed by atoms with E-state index in [9.17, 15) is 0 Å². The van der Waals surface area contributed by atoms with E-state index in [0.717, 1.165) is 22.8 Å². The molecule has 0 N–H and O–H groups in total. The molecule has 5 heteroatoms. The van der Waals surface area contributed by atoms with Crippen LogP contribution >= 0.6 is 15.9 Å². The molecule has 1 unspecified atom stereocenters. The van der Waals surface area contributed by atoms with Crippen molar-refractivity contribution in [3.8, 4) is 0 Å². The van der Waals surface area contributed by atoms with Crippen LogP contribution in [0.4, 0.5) is 5.82 Å². The SMILES string of the molecule is CC(C)c1nc(Br)cc(N(C)C2CCCN(C)C2)n1. The molecular formula is C14H23BrN4. The molecule has 1 aliphatic heterocycles. The van der Waals surface area contributed by atoms with Gasteiger partial charge in [-0.2, -0.15) is 0 Å². The van der Waals surface area contributed by atoms with Crippen molar-refractivity contribution < 1.29 is 0 Å². The fraction of sp³-hybridized carbons (Fsp3) is 0.714. The second kappa shape index (κ2) is 6.18. The standard InChI is InChI=1S/C14H23BrN4/c1-10(2)14-16-12(15)8-13(17-14)19(4)11-6-5-7-18(3)9-11/h8,10-11H,5-7,9H2,1-4H3. The number of rotatable bonds is 3. The number of hydrogen-bond acceptors (Lipinski definition) is 4. The highest BCUT2D eigenvalue weighted by Crippen LogP contribution is 2.23. The average Bonchev–Trinajstić information content (AvgIpc) is 2.37. The maximum atomic E-state index is 4.70. The first-order valence-electron chi connectivity index (χ1n) is 6.93. The molecular weight excluding hydrogens is 304 g/mol. The predicted molar refractivity (Wildman–Crippen MR) is 82.7 cm³/mol. The van der Waals surface area contributed by atoms with Crippen molar-refractivity contribution in [2.45, 2.75) is 38.6 Å². The van der Waals surface area contributed by atoms with Gasteiger partial charge in [0.15, 0.2) is 0 Å². The van der Waals surface area contributed by atoms with Crippen LogP contribution in [0.1, 0.15) is 38.4 Å². The highest BCUT2D eigenvalue weighted by molar-refractivity contribution is 9.10. The van der Waals surface area contributed by atoms with Crippen LogP contribution in [0.15, 0.2) is 10.7 Å². The topological polar surface area (TPSA) is 32.3 Å². The normalized spacial score (nSPS) is 20.8. The third-order valence-electron chi connectivity index (χ3n) is 3.72. The lowest BCUT2D eigenvalue weighted by atomic mass is 10.1. The molecule has 1 atom stereocenters. The van der Waals surface area contributed by atoms with Crippen molar-refractivity contribution in [3.63, 3.8) is 0 Å². The van der Waals surface area contributed by atoms with Crippen LogP contribution < -0.4 is 4.90 Å². The first-order chi connectivity index (χ1) is 8.97. The van der Waals surface area contributed by atoms with Crippen LogP contribution in [0.2, 0.25) is 0 Å². The first-order valence-corrected chi connectivity index (χ1v) is 7.72. The molecule has 2 rings (SSSR count). The van der Waals surface area contributed by atoms with E-state index in [4.69, 9.17) is 4.98 Å². The Kier molecular flexibility index (Phi) is 4.79. The Labute approximate surface area is 124 Å². The van der Waals surface area contributed by atoms with Gasteiger partial charge in [-0.1, -0.05) is 13.8 Å². The quantitative estimate of drug-likeness (QED) is 0.799. The molecule has 1 aromatic rings. The van der Waals surface area contributed by atoms with Crippen molar-refractivity contribution in [1.29, 1.82) is 0 Å². The molecule has 19 heavy (non-hydrogen) atoms. The Bertz CT molecular complexity index is 435. The van der Waals surface area contributed by atoms with Gasteiger partial charge in [0.2, 0.25) is 0 Å². The van der Waals surface area contributed by atoms with E-state index in [1.807, 2.05) is 6.07 Å². The minimum absolute atomic E-state index is 0.346. The molecule has 0 spiro atoms. The summed E-state index contributed by atoms with van der Waals surface area (Å²) >= 11 is 3.50. The second-order valence-electron chi connectivity index (χ2n) is 5.73. The van der Waals surface area contributed by atoms with Gasteiger partial charge in [0.05, 0.1) is 0 Å². The van der Waals surface area contributed by atoms with Crippen molar-refractivity contribution in [2.75, 3.05) is 32.1 Å². The summed E-state index contributed by atoms with van der Waals surface area (Å²) in [6, 6.07) is 2.56. The lowest BCUT2D eigenvalue weighted by molar-refractivity contribution is 0.247. The number of piperidine rings is 1. The van der Waals surface area contributed by atoms with Gasteiger partial charge in [-0.05, 0) is 42.4 Å². The number of nitrogens with zero attached hydrogens (tertiary/aromatic N) is 4. The van der Waals surface area contributed by atoms with Gasteiger partial charge in [0.25, 0.3) is 0 Å². The molecule has 1 aromatic heterocycles. The Hall–Kier alpha value is -0.680. The summed E-state index contributed by atoms with van der Waals surface area (Å²) in [5.41, 5.74) is 0. The number of likely N-dealkylation sites (N-methyl/N-ethyl adjacent to an activating group) is 2. The summed E-state index contributed by atoms with van der Waals surface area (Å²) in [5.74, 6) is 2.27. The van der Waals surface area contributed by atoms with Gasteiger partial charge < -0.3 is 9.80 Å².